The molecule has 2 N–H and O–H groups in total. The van der Waals surface area contributed by atoms with E-state index in [1.165, 1.54) is 12.0 Å². The number of amides is 2. The van der Waals surface area contributed by atoms with E-state index >= 15 is 0 Å². The monoisotopic (exact) mass is 652 g/mol. The summed E-state index contributed by atoms with van der Waals surface area (Å²) in [5.74, 6) is -0.506. The lowest BCUT2D eigenvalue weighted by atomic mass is 9.78. The van der Waals surface area contributed by atoms with E-state index in [1.54, 1.807) is 31.3 Å². The number of anilines is 1. The second-order valence-electron chi connectivity index (χ2n) is 13.5. The summed E-state index contributed by atoms with van der Waals surface area (Å²) >= 11 is 0. The van der Waals surface area contributed by atoms with Gasteiger partial charge in [0.1, 0.15) is 24.9 Å². The summed E-state index contributed by atoms with van der Waals surface area (Å²) in [5, 5.41) is 6.85. The standard InChI is InChI=1S/C36H49FN4O6/c1-38-30(23-37)25-7-9-26(10-8-25)35(43)41-14-13-29(24-5-3-2-4-6-24)33(41)34(42)39-28-11-12-31-27(21-28)22-32(47-31)36(44)46-20-17-40-15-18-45-19-16-40/h11-12,21-22,25-26,30,33,38H,2-10,13-20,23H2,1H3,(H,39,42)/t25?,26?,30?,33-/m0/s1. The molecular weight excluding hydrogens is 603 g/mol. The van der Waals surface area contributed by atoms with E-state index in [9.17, 15) is 18.8 Å². The Morgan fingerprint density at radius 2 is 1.77 bits per heavy atom. The molecule has 47 heavy (non-hydrogen) atoms. The lowest BCUT2D eigenvalue weighted by Crippen LogP contribution is -2.47. The maximum Gasteiger partial charge on any atom is 0.374 e. The van der Waals surface area contributed by atoms with Crippen molar-refractivity contribution in [3.05, 3.63) is 41.2 Å². The molecule has 1 aromatic carbocycles. The van der Waals surface area contributed by atoms with E-state index in [2.05, 4.69) is 15.5 Å². The summed E-state index contributed by atoms with van der Waals surface area (Å²) in [7, 11) is 1.79. The van der Waals surface area contributed by atoms with Crippen LogP contribution in [0.25, 0.3) is 11.0 Å². The number of esters is 1. The van der Waals surface area contributed by atoms with Crippen LogP contribution >= 0.6 is 0 Å². The number of fused-ring (bicyclic) bond motifs is 1. The average Bonchev–Trinajstić information content (AvgIpc) is 3.75. The fourth-order valence-corrected chi connectivity index (χ4v) is 7.94. The van der Waals surface area contributed by atoms with Gasteiger partial charge in [0.25, 0.3) is 5.91 Å². The number of benzene rings is 1. The van der Waals surface area contributed by atoms with Gasteiger partial charge in [-0.15, -0.1) is 0 Å². The van der Waals surface area contributed by atoms with Gasteiger partial charge < -0.3 is 29.4 Å². The fourth-order valence-electron chi connectivity index (χ4n) is 7.94. The number of alkyl halides is 1. The average molecular weight is 653 g/mol. The van der Waals surface area contributed by atoms with Crippen LogP contribution in [0.15, 0.2) is 39.8 Å². The van der Waals surface area contributed by atoms with Crippen molar-refractivity contribution in [3.8, 4) is 0 Å². The molecule has 1 unspecified atom stereocenters. The van der Waals surface area contributed by atoms with Crippen LogP contribution in [-0.4, -0.2) is 99.4 Å². The van der Waals surface area contributed by atoms with Gasteiger partial charge in [0.2, 0.25) is 11.7 Å². The minimum atomic E-state index is -0.638. The normalized spacial score (nSPS) is 24.8. The predicted octanol–water partition coefficient (Wildman–Crippen LogP) is 5.09. The van der Waals surface area contributed by atoms with Crippen LogP contribution in [0, 0.1) is 11.8 Å². The summed E-state index contributed by atoms with van der Waals surface area (Å²) in [5.41, 5.74) is 3.53. The van der Waals surface area contributed by atoms with E-state index in [0.717, 1.165) is 63.6 Å². The molecule has 2 atom stereocenters. The topological polar surface area (TPSA) is 113 Å². The minimum Gasteiger partial charge on any atom is -0.458 e. The van der Waals surface area contributed by atoms with Gasteiger partial charge in [-0.2, -0.15) is 0 Å². The van der Waals surface area contributed by atoms with Crippen LogP contribution < -0.4 is 10.6 Å². The summed E-state index contributed by atoms with van der Waals surface area (Å²) in [6, 6.07) is 6.12. The highest BCUT2D eigenvalue weighted by molar-refractivity contribution is 6.02. The zero-order valence-electron chi connectivity index (χ0n) is 27.6. The number of furan rings is 1. The Morgan fingerprint density at radius 3 is 2.49 bits per heavy atom. The number of carbonyl (C=O) groups excluding carboxylic acids is 3. The highest BCUT2D eigenvalue weighted by Crippen LogP contribution is 2.38. The van der Waals surface area contributed by atoms with Crippen molar-refractivity contribution in [1.82, 2.24) is 15.1 Å². The number of allylic oxidation sites excluding steroid dienone is 1. The Labute approximate surface area is 276 Å². The number of rotatable bonds is 10. The molecule has 2 aromatic rings. The molecule has 2 amide bonds. The van der Waals surface area contributed by atoms with Crippen molar-refractivity contribution in [2.24, 2.45) is 11.8 Å². The largest absolute Gasteiger partial charge is 0.458 e. The number of ether oxygens (including phenoxy) is 2. The molecule has 0 bridgehead atoms. The van der Waals surface area contributed by atoms with Crippen molar-refractivity contribution in [2.45, 2.75) is 76.3 Å². The molecule has 256 valence electrons. The molecule has 1 aromatic heterocycles. The van der Waals surface area contributed by atoms with E-state index in [0.29, 0.717) is 55.8 Å². The van der Waals surface area contributed by atoms with E-state index in [4.69, 9.17) is 13.9 Å². The van der Waals surface area contributed by atoms with E-state index in [-0.39, 0.29) is 42.1 Å². The third kappa shape index (κ3) is 7.90. The van der Waals surface area contributed by atoms with Crippen molar-refractivity contribution in [1.29, 1.82) is 0 Å². The molecule has 3 heterocycles. The Morgan fingerprint density at radius 1 is 1.00 bits per heavy atom. The molecule has 0 spiro atoms. The number of hydrogen-bond acceptors (Lipinski definition) is 8. The first-order chi connectivity index (χ1) is 22.9. The van der Waals surface area contributed by atoms with Gasteiger partial charge in [-0.25, -0.2) is 9.18 Å². The molecule has 11 heteroatoms. The predicted molar refractivity (Wildman–Crippen MR) is 177 cm³/mol. The van der Waals surface area contributed by atoms with Gasteiger partial charge in [-0.3, -0.25) is 14.5 Å². The Bertz CT molecular complexity index is 1430. The molecule has 2 aliphatic heterocycles. The third-order valence-electron chi connectivity index (χ3n) is 10.7. The molecule has 4 aliphatic rings. The first-order valence-electron chi connectivity index (χ1n) is 17.5. The number of likely N-dealkylation sites (tertiary alicyclic amines) is 1. The zero-order chi connectivity index (χ0) is 32.8. The van der Waals surface area contributed by atoms with Gasteiger partial charge in [0, 0.05) is 49.2 Å². The van der Waals surface area contributed by atoms with Crippen LogP contribution in [-0.2, 0) is 19.1 Å². The van der Waals surface area contributed by atoms with E-state index in [1.807, 2.05) is 4.90 Å². The first kappa shape index (κ1) is 33.6. The molecule has 6 rings (SSSR count). The van der Waals surface area contributed by atoms with Gasteiger partial charge >= 0.3 is 5.97 Å². The van der Waals surface area contributed by atoms with Gasteiger partial charge in [0.15, 0.2) is 0 Å². The van der Waals surface area contributed by atoms with Gasteiger partial charge in [0.05, 0.1) is 13.2 Å². The number of nitrogens with zero attached hydrogens (tertiary/aromatic N) is 2. The Balaban J connectivity index is 1.13. The smallest absolute Gasteiger partial charge is 0.374 e. The number of halogens is 1. The van der Waals surface area contributed by atoms with Crippen molar-refractivity contribution < 1.29 is 32.7 Å². The lowest BCUT2D eigenvalue weighted by molar-refractivity contribution is -0.140. The quantitative estimate of drug-likeness (QED) is 0.270. The highest BCUT2D eigenvalue weighted by Gasteiger charge is 2.42. The molecule has 2 saturated carbocycles. The summed E-state index contributed by atoms with van der Waals surface area (Å²) < 4.78 is 30.1. The second-order valence-corrected chi connectivity index (χ2v) is 13.5. The zero-order valence-corrected chi connectivity index (χ0v) is 27.6. The molecule has 4 fully saturated rings. The van der Waals surface area contributed by atoms with Crippen LogP contribution in [0.1, 0.15) is 74.8 Å². The summed E-state index contributed by atoms with van der Waals surface area (Å²) in [4.78, 5) is 44.8. The maximum absolute atomic E-state index is 14.1. The van der Waals surface area contributed by atoms with Crippen molar-refractivity contribution in [3.63, 3.8) is 0 Å². The van der Waals surface area contributed by atoms with Crippen molar-refractivity contribution in [2.75, 3.05) is 65.0 Å². The molecule has 2 saturated heterocycles. The first-order valence-corrected chi connectivity index (χ1v) is 17.5. The molecule has 10 nitrogen and oxygen atoms in total. The molecular formula is C36H49FN4O6. The van der Waals surface area contributed by atoms with Crippen LogP contribution in [0.4, 0.5) is 10.1 Å². The third-order valence-corrected chi connectivity index (χ3v) is 10.7. The summed E-state index contributed by atoms with van der Waals surface area (Å²) in [6.45, 7) is 4.05. The van der Waals surface area contributed by atoms with Crippen LogP contribution in [0.3, 0.4) is 0 Å². The molecule has 0 radical (unpaired) electrons. The fraction of sp³-hybridized carbons (Fsp3) is 0.639. The Kier molecular flexibility index (Phi) is 11.3. The SMILES string of the molecule is CNC(CF)C1CCC(C(=O)N2CCC(=C3CCCCC3)[C@H]2C(=O)Nc2ccc3oc(C(=O)OCCN4CCOCC4)cc3c2)CC1. The van der Waals surface area contributed by atoms with Crippen LogP contribution in [0.5, 0.6) is 0 Å². The number of hydrogen-bond donors (Lipinski definition) is 2. The lowest BCUT2D eigenvalue weighted by Gasteiger charge is -2.35. The molecule has 2 aliphatic carbocycles. The van der Waals surface area contributed by atoms with Gasteiger partial charge in [-0.1, -0.05) is 12.0 Å². The highest BCUT2D eigenvalue weighted by atomic mass is 19.1. The number of nitrogens with one attached hydrogen (secondary N) is 2. The number of carbonyl (C=O) groups is 3. The number of morpholine rings is 1. The summed E-state index contributed by atoms with van der Waals surface area (Å²) in [6.07, 6.45) is 9.14. The maximum atomic E-state index is 14.1. The second kappa shape index (κ2) is 15.7. The van der Waals surface area contributed by atoms with Crippen molar-refractivity contribution >= 4 is 34.4 Å². The van der Waals surface area contributed by atoms with Crippen LogP contribution in [0.2, 0.25) is 0 Å². The Hall–Kier alpha value is -3.28. The van der Waals surface area contributed by atoms with E-state index < -0.39 is 18.7 Å². The minimum absolute atomic E-state index is 0.0401. The van der Waals surface area contributed by atoms with Gasteiger partial charge in [-0.05, 0) is 101 Å².